The van der Waals surface area contributed by atoms with E-state index in [1.165, 1.54) is 11.0 Å². The topological polar surface area (TPSA) is 90.0 Å². The quantitative estimate of drug-likeness (QED) is 0.363. The standard InChI is InChI=1S/C29H36ClFN6O3/c1-35-13-15-37(16-14-35)12-6-10-24(36(2)28(38)33-19-23-9-5-11-25(31)27(23)30)20-40-29(39)34-26-17-21-7-3-4-8-22(21)18-32-26/h3-5,7-9,11,17-18,24H,6,10,12-16,19-20H2,1-2H3,(H,33,38)(H,32,34,39). The van der Waals surface area contributed by atoms with Crippen molar-refractivity contribution < 1.29 is 18.7 Å². The number of likely N-dealkylation sites (N-methyl/N-ethyl adjacent to an activating group) is 2. The minimum atomic E-state index is -0.646. The maximum Gasteiger partial charge on any atom is 0.412 e. The van der Waals surface area contributed by atoms with Crippen molar-refractivity contribution in [2.24, 2.45) is 0 Å². The Hall–Kier alpha value is -3.47. The fourth-order valence-electron chi connectivity index (χ4n) is 4.62. The number of carbonyl (C=O) groups is 2. The van der Waals surface area contributed by atoms with Crippen LogP contribution in [0.1, 0.15) is 18.4 Å². The Kier molecular flexibility index (Phi) is 10.5. The van der Waals surface area contributed by atoms with Crippen molar-refractivity contribution in [2.75, 3.05) is 58.7 Å². The molecule has 1 unspecified atom stereocenters. The van der Waals surface area contributed by atoms with Gasteiger partial charge in [0.2, 0.25) is 0 Å². The molecule has 9 nitrogen and oxygen atoms in total. The number of pyridine rings is 1. The van der Waals surface area contributed by atoms with Crippen molar-refractivity contribution in [1.82, 2.24) is 25.0 Å². The second kappa shape index (κ2) is 14.2. The van der Waals surface area contributed by atoms with Gasteiger partial charge in [0.1, 0.15) is 18.2 Å². The zero-order valence-corrected chi connectivity index (χ0v) is 23.7. The highest BCUT2D eigenvalue weighted by Crippen LogP contribution is 2.20. The summed E-state index contributed by atoms with van der Waals surface area (Å²) in [6.45, 7) is 5.04. The van der Waals surface area contributed by atoms with Gasteiger partial charge in [-0.3, -0.25) is 5.32 Å². The largest absolute Gasteiger partial charge is 0.447 e. The number of rotatable bonds is 10. The number of urea groups is 1. The number of piperazine rings is 1. The fourth-order valence-corrected chi connectivity index (χ4v) is 4.81. The van der Waals surface area contributed by atoms with Crippen molar-refractivity contribution in [2.45, 2.75) is 25.4 Å². The van der Waals surface area contributed by atoms with Gasteiger partial charge >= 0.3 is 12.1 Å². The van der Waals surface area contributed by atoms with Gasteiger partial charge in [0.25, 0.3) is 0 Å². The monoisotopic (exact) mass is 570 g/mol. The van der Waals surface area contributed by atoms with Crippen molar-refractivity contribution in [3.8, 4) is 0 Å². The normalized spacial score (nSPS) is 15.0. The van der Waals surface area contributed by atoms with E-state index in [0.717, 1.165) is 49.9 Å². The maximum atomic E-state index is 13.8. The number of ether oxygens (including phenoxy) is 1. The molecule has 1 fully saturated rings. The minimum absolute atomic E-state index is 0.00674. The van der Waals surface area contributed by atoms with Crippen LogP contribution in [0, 0.1) is 5.82 Å². The number of amides is 3. The molecule has 1 aliphatic rings. The lowest BCUT2D eigenvalue weighted by Crippen LogP contribution is -2.47. The summed E-state index contributed by atoms with van der Waals surface area (Å²) in [6, 6.07) is 13.2. The van der Waals surface area contributed by atoms with Crippen molar-refractivity contribution in [3.63, 3.8) is 0 Å². The Morgan fingerprint density at radius 3 is 2.65 bits per heavy atom. The zero-order valence-electron chi connectivity index (χ0n) is 22.9. The molecule has 0 radical (unpaired) electrons. The van der Waals surface area contributed by atoms with E-state index < -0.39 is 11.9 Å². The molecule has 4 rings (SSSR count). The molecule has 2 N–H and O–H groups in total. The first-order valence-corrected chi connectivity index (χ1v) is 13.8. The molecule has 2 aromatic carbocycles. The van der Waals surface area contributed by atoms with E-state index in [0.29, 0.717) is 17.8 Å². The van der Waals surface area contributed by atoms with Gasteiger partial charge in [0.05, 0.1) is 11.1 Å². The first-order valence-electron chi connectivity index (χ1n) is 13.4. The fraction of sp³-hybridized carbons (Fsp3) is 0.414. The van der Waals surface area contributed by atoms with Crippen LogP contribution in [0.2, 0.25) is 5.02 Å². The lowest BCUT2D eigenvalue weighted by molar-refractivity contribution is 0.108. The van der Waals surface area contributed by atoms with E-state index in [1.54, 1.807) is 31.4 Å². The van der Waals surface area contributed by atoms with Crippen LogP contribution in [0.5, 0.6) is 0 Å². The van der Waals surface area contributed by atoms with E-state index >= 15 is 0 Å². The number of carbonyl (C=O) groups excluding carboxylic acids is 2. The summed E-state index contributed by atoms with van der Waals surface area (Å²) >= 11 is 6.04. The predicted octanol–water partition coefficient (Wildman–Crippen LogP) is 4.81. The van der Waals surface area contributed by atoms with Crippen molar-refractivity contribution in [3.05, 3.63) is 71.1 Å². The number of anilines is 1. The van der Waals surface area contributed by atoms with Gasteiger partial charge in [0.15, 0.2) is 0 Å². The molecule has 2 heterocycles. The maximum absolute atomic E-state index is 13.8. The third-order valence-electron chi connectivity index (χ3n) is 7.21. The molecule has 40 heavy (non-hydrogen) atoms. The Morgan fingerprint density at radius 1 is 1.12 bits per heavy atom. The van der Waals surface area contributed by atoms with Gasteiger partial charge in [-0.2, -0.15) is 0 Å². The predicted molar refractivity (Wildman–Crippen MR) is 155 cm³/mol. The van der Waals surface area contributed by atoms with Gasteiger partial charge < -0.3 is 24.8 Å². The molecule has 1 atom stereocenters. The van der Waals surface area contributed by atoms with E-state index in [1.807, 2.05) is 24.3 Å². The van der Waals surface area contributed by atoms with Crippen LogP contribution >= 0.6 is 11.6 Å². The molecule has 0 aliphatic carbocycles. The summed E-state index contributed by atoms with van der Waals surface area (Å²) in [5.74, 6) is -0.155. The highest BCUT2D eigenvalue weighted by molar-refractivity contribution is 6.31. The number of aromatic nitrogens is 1. The minimum Gasteiger partial charge on any atom is -0.447 e. The van der Waals surface area contributed by atoms with Gasteiger partial charge in [0, 0.05) is 51.4 Å². The first-order chi connectivity index (χ1) is 19.3. The lowest BCUT2D eigenvalue weighted by atomic mass is 10.1. The Bertz CT molecular complexity index is 1300. The van der Waals surface area contributed by atoms with E-state index in [2.05, 4.69) is 32.5 Å². The number of nitrogens with zero attached hydrogens (tertiary/aromatic N) is 4. The molecule has 0 bridgehead atoms. The van der Waals surface area contributed by atoms with Gasteiger partial charge in [-0.1, -0.05) is 48.0 Å². The summed E-state index contributed by atoms with van der Waals surface area (Å²) in [5, 5.41) is 7.36. The van der Waals surface area contributed by atoms with Crippen molar-refractivity contribution >= 4 is 40.3 Å². The molecule has 3 aromatic rings. The first kappa shape index (κ1) is 29.5. The van der Waals surface area contributed by atoms with E-state index in [4.69, 9.17) is 16.3 Å². The Morgan fingerprint density at radius 2 is 1.88 bits per heavy atom. The third kappa shape index (κ3) is 8.27. The Labute approximate surface area is 239 Å². The van der Waals surface area contributed by atoms with E-state index in [-0.39, 0.29) is 30.2 Å². The average molecular weight is 571 g/mol. The summed E-state index contributed by atoms with van der Waals surface area (Å²) in [7, 11) is 3.78. The van der Waals surface area contributed by atoms with E-state index in [9.17, 15) is 14.0 Å². The molecular weight excluding hydrogens is 535 g/mol. The lowest BCUT2D eigenvalue weighted by Gasteiger charge is -2.33. The molecular formula is C29H36ClFN6O3. The highest BCUT2D eigenvalue weighted by atomic mass is 35.5. The smallest absolute Gasteiger partial charge is 0.412 e. The number of fused-ring (bicyclic) bond motifs is 1. The third-order valence-corrected chi connectivity index (χ3v) is 7.63. The van der Waals surface area contributed by atoms with Gasteiger partial charge in [-0.15, -0.1) is 0 Å². The van der Waals surface area contributed by atoms with Crippen LogP contribution in [-0.2, 0) is 11.3 Å². The van der Waals surface area contributed by atoms with Gasteiger partial charge in [-0.05, 0) is 49.5 Å². The van der Waals surface area contributed by atoms with Crippen LogP contribution in [0.3, 0.4) is 0 Å². The number of hydrogen-bond acceptors (Lipinski definition) is 6. The number of benzene rings is 2. The average Bonchev–Trinajstić information content (AvgIpc) is 2.96. The highest BCUT2D eigenvalue weighted by Gasteiger charge is 2.23. The summed E-state index contributed by atoms with van der Waals surface area (Å²) in [6.07, 6.45) is 2.51. The molecule has 0 spiro atoms. The molecule has 1 aliphatic heterocycles. The SMILES string of the molecule is CN1CCN(CCCC(COC(=O)Nc2cc3ccccc3cn2)N(C)C(=O)NCc2cccc(F)c2Cl)CC1. The second-order valence-corrected chi connectivity index (χ2v) is 10.4. The van der Waals surface area contributed by atoms with Crippen LogP contribution in [-0.4, -0.2) is 91.3 Å². The molecule has 214 valence electrons. The second-order valence-electron chi connectivity index (χ2n) is 10.1. The molecule has 0 saturated carbocycles. The number of halogens is 2. The molecule has 3 amide bonds. The zero-order chi connectivity index (χ0) is 28.5. The molecule has 1 saturated heterocycles. The van der Waals surface area contributed by atoms with Crippen molar-refractivity contribution in [1.29, 1.82) is 0 Å². The summed E-state index contributed by atoms with van der Waals surface area (Å²) < 4.78 is 19.3. The molecule has 1 aromatic heterocycles. The number of hydrogen-bond donors (Lipinski definition) is 2. The van der Waals surface area contributed by atoms with Crippen LogP contribution in [0.25, 0.3) is 10.8 Å². The summed E-state index contributed by atoms with van der Waals surface area (Å²) in [4.78, 5) is 36.1. The van der Waals surface area contributed by atoms with Crippen LogP contribution < -0.4 is 10.6 Å². The van der Waals surface area contributed by atoms with Crippen LogP contribution in [0.15, 0.2) is 54.7 Å². The van der Waals surface area contributed by atoms with Gasteiger partial charge in [-0.25, -0.2) is 19.0 Å². The molecule has 11 heteroatoms. The number of nitrogens with one attached hydrogen (secondary N) is 2. The Balaban J connectivity index is 1.34. The summed E-state index contributed by atoms with van der Waals surface area (Å²) in [5.41, 5.74) is 0.480. The van der Waals surface area contributed by atoms with Crippen LogP contribution in [0.4, 0.5) is 19.8 Å².